The SMILES string of the molecule is CCOc1ccc(N2CC=C3N=CC=C(c4ccc(OC)c(OC)c4)N32)cc1. The van der Waals surface area contributed by atoms with E-state index in [1.165, 1.54) is 0 Å². The topological polar surface area (TPSA) is 46.5 Å². The number of rotatable bonds is 6. The Morgan fingerprint density at radius 2 is 1.79 bits per heavy atom. The van der Waals surface area contributed by atoms with Crippen LogP contribution in [0.1, 0.15) is 12.5 Å². The van der Waals surface area contributed by atoms with E-state index in [0.717, 1.165) is 35.1 Å². The molecule has 0 fully saturated rings. The van der Waals surface area contributed by atoms with Crippen molar-refractivity contribution in [3.63, 3.8) is 0 Å². The Morgan fingerprint density at radius 1 is 1.00 bits per heavy atom. The van der Waals surface area contributed by atoms with Crippen LogP contribution in [-0.4, -0.2) is 38.6 Å². The van der Waals surface area contributed by atoms with Crippen LogP contribution in [-0.2, 0) is 0 Å². The highest BCUT2D eigenvalue weighted by molar-refractivity contribution is 5.88. The lowest BCUT2D eigenvalue weighted by atomic mass is 10.1. The Bertz CT molecular complexity index is 948. The minimum Gasteiger partial charge on any atom is -0.494 e. The van der Waals surface area contributed by atoms with Crippen molar-refractivity contribution in [3.8, 4) is 17.2 Å². The third kappa shape index (κ3) is 3.17. The number of fused-ring (bicyclic) bond motifs is 1. The van der Waals surface area contributed by atoms with Crippen molar-refractivity contribution >= 4 is 17.6 Å². The molecule has 2 aliphatic rings. The largest absolute Gasteiger partial charge is 0.494 e. The molecule has 0 saturated carbocycles. The van der Waals surface area contributed by atoms with Crippen molar-refractivity contribution in [1.82, 2.24) is 5.01 Å². The number of benzene rings is 2. The molecule has 0 bridgehead atoms. The standard InChI is InChI=1S/C22H23N3O3/c1-4-28-18-8-6-17(7-9-18)24-14-12-22-23-13-11-19(25(22)24)16-5-10-20(26-2)21(15-16)27-3/h5-13,15H,4,14H2,1-3H3. The third-order valence-corrected chi connectivity index (χ3v) is 4.70. The van der Waals surface area contributed by atoms with Crippen LogP contribution in [0.2, 0.25) is 0 Å². The lowest BCUT2D eigenvalue weighted by molar-refractivity contribution is 0.340. The molecule has 28 heavy (non-hydrogen) atoms. The van der Waals surface area contributed by atoms with E-state index in [4.69, 9.17) is 14.2 Å². The lowest BCUT2D eigenvalue weighted by Crippen LogP contribution is -2.37. The van der Waals surface area contributed by atoms with Gasteiger partial charge in [-0.05, 0) is 61.5 Å². The number of methoxy groups -OCH3 is 2. The molecule has 0 atom stereocenters. The lowest BCUT2D eigenvalue weighted by Gasteiger charge is -2.35. The van der Waals surface area contributed by atoms with Crippen LogP contribution in [0.3, 0.4) is 0 Å². The zero-order valence-corrected chi connectivity index (χ0v) is 16.3. The van der Waals surface area contributed by atoms with E-state index < -0.39 is 0 Å². The van der Waals surface area contributed by atoms with Gasteiger partial charge in [-0.3, -0.25) is 5.01 Å². The summed E-state index contributed by atoms with van der Waals surface area (Å²) in [6.07, 6.45) is 5.95. The molecule has 6 nitrogen and oxygen atoms in total. The quantitative estimate of drug-likeness (QED) is 0.758. The summed E-state index contributed by atoms with van der Waals surface area (Å²) >= 11 is 0. The number of anilines is 1. The first-order valence-corrected chi connectivity index (χ1v) is 9.22. The summed E-state index contributed by atoms with van der Waals surface area (Å²) < 4.78 is 16.4. The molecule has 0 saturated heterocycles. The highest BCUT2D eigenvalue weighted by Crippen LogP contribution is 2.38. The molecule has 0 spiro atoms. The Morgan fingerprint density at radius 3 is 2.50 bits per heavy atom. The molecule has 0 aromatic heterocycles. The van der Waals surface area contributed by atoms with E-state index in [-0.39, 0.29) is 0 Å². The summed E-state index contributed by atoms with van der Waals surface area (Å²) in [6, 6.07) is 14.0. The number of aliphatic imine (C=N–C) groups is 1. The Labute approximate surface area is 164 Å². The maximum atomic E-state index is 5.56. The average molecular weight is 377 g/mol. The van der Waals surface area contributed by atoms with Crippen molar-refractivity contribution in [2.75, 3.05) is 32.4 Å². The van der Waals surface area contributed by atoms with Crippen LogP contribution in [0, 0.1) is 0 Å². The summed E-state index contributed by atoms with van der Waals surface area (Å²) in [5.41, 5.74) is 3.11. The van der Waals surface area contributed by atoms with Gasteiger partial charge in [-0.25, -0.2) is 10.0 Å². The monoisotopic (exact) mass is 377 g/mol. The second-order valence-corrected chi connectivity index (χ2v) is 6.28. The predicted molar refractivity (Wildman–Crippen MR) is 111 cm³/mol. The van der Waals surface area contributed by atoms with E-state index in [2.05, 4.69) is 33.2 Å². The third-order valence-electron chi connectivity index (χ3n) is 4.70. The smallest absolute Gasteiger partial charge is 0.161 e. The Balaban J connectivity index is 1.68. The molecule has 0 aliphatic carbocycles. The highest BCUT2D eigenvalue weighted by atomic mass is 16.5. The minimum absolute atomic E-state index is 0.655. The van der Waals surface area contributed by atoms with Crippen molar-refractivity contribution in [1.29, 1.82) is 0 Å². The van der Waals surface area contributed by atoms with Gasteiger partial charge in [0.1, 0.15) is 11.6 Å². The molecule has 6 heteroatoms. The van der Waals surface area contributed by atoms with Gasteiger partial charge in [0, 0.05) is 11.8 Å². The molecule has 2 aromatic rings. The zero-order chi connectivity index (χ0) is 19.5. The molecule has 0 N–H and O–H groups in total. The second-order valence-electron chi connectivity index (χ2n) is 6.28. The van der Waals surface area contributed by atoms with Gasteiger partial charge in [0.2, 0.25) is 0 Å². The number of hydrazine groups is 1. The van der Waals surface area contributed by atoms with Crippen molar-refractivity contribution in [2.24, 2.45) is 4.99 Å². The summed E-state index contributed by atoms with van der Waals surface area (Å²) in [6.45, 7) is 3.38. The molecule has 0 radical (unpaired) electrons. The predicted octanol–water partition coefficient (Wildman–Crippen LogP) is 4.11. The van der Waals surface area contributed by atoms with E-state index in [0.29, 0.717) is 18.1 Å². The molecule has 4 rings (SSSR count). The molecule has 0 unspecified atom stereocenters. The first-order valence-electron chi connectivity index (χ1n) is 9.22. The highest BCUT2D eigenvalue weighted by Gasteiger charge is 2.30. The first-order chi connectivity index (χ1) is 13.7. The van der Waals surface area contributed by atoms with Gasteiger partial charge in [-0.1, -0.05) is 0 Å². The molecule has 2 aliphatic heterocycles. The molecular formula is C22H23N3O3. The first kappa shape index (κ1) is 18.0. The van der Waals surface area contributed by atoms with E-state index in [1.54, 1.807) is 14.2 Å². The molecule has 144 valence electrons. The minimum atomic E-state index is 0.655. The van der Waals surface area contributed by atoms with Crippen molar-refractivity contribution in [2.45, 2.75) is 6.92 Å². The van der Waals surface area contributed by atoms with Crippen molar-refractivity contribution in [3.05, 3.63) is 66.0 Å². The number of hydrogen-bond acceptors (Lipinski definition) is 6. The number of hydrogen-bond donors (Lipinski definition) is 0. The van der Waals surface area contributed by atoms with Crippen LogP contribution < -0.4 is 19.2 Å². The summed E-state index contributed by atoms with van der Waals surface area (Å²) in [5, 5.41) is 4.31. The second kappa shape index (κ2) is 7.68. The molecular weight excluding hydrogens is 354 g/mol. The Hall–Kier alpha value is -3.41. The fourth-order valence-electron chi connectivity index (χ4n) is 3.39. The van der Waals surface area contributed by atoms with Gasteiger partial charge < -0.3 is 14.2 Å². The Kier molecular flexibility index (Phi) is 4.93. The fraction of sp³-hybridized carbons (Fsp3) is 0.227. The number of ether oxygens (including phenoxy) is 3. The van der Waals surface area contributed by atoms with E-state index in [1.807, 2.05) is 49.5 Å². The van der Waals surface area contributed by atoms with Crippen LogP contribution in [0.25, 0.3) is 5.70 Å². The van der Waals surface area contributed by atoms with Gasteiger partial charge in [0.05, 0.1) is 38.8 Å². The normalized spacial score (nSPS) is 15.1. The van der Waals surface area contributed by atoms with Gasteiger partial charge in [-0.2, -0.15) is 0 Å². The number of nitrogens with zero attached hydrogens (tertiary/aromatic N) is 3. The van der Waals surface area contributed by atoms with Crippen LogP contribution in [0.5, 0.6) is 17.2 Å². The maximum absolute atomic E-state index is 5.56. The number of allylic oxidation sites excluding steroid dienone is 1. The van der Waals surface area contributed by atoms with E-state index >= 15 is 0 Å². The van der Waals surface area contributed by atoms with E-state index in [9.17, 15) is 0 Å². The fourth-order valence-corrected chi connectivity index (χ4v) is 3.39. The summed E-state index contributed by atoms with van der Waals surface area (Å²) in [7, 11) is 3.28. The van der Waals surface area contributed by atoms with Crippen LogP contribution >= 0.6 is 0 Å². The van der Waals surface area contributed by atoms with Gasteiger partial charge in [-0.15, -0.1) is 0 Å². The molecule has 2 aromatic carbocycles. The molecule has 2 heterocycles. The van der Waals surface area contributed by atoms with Gasteiger partial charge in [0.15, 0.2) is 11.5 Å². The summed E-state index contributed by atoms with van der Waals surface area (Å²) in [4.78, 5) is 4.53. The zero-order valence-electron chi connectivity index (χ0n) is 16.3. The summed E-state index contributed by atoms with van der Waals surface area (Å²) in [5.74, 6) is 3.17. The average Bonchev–Trinajstić information content (AvgIpc) is 3.18. The maximum Gasteiger partial charge on any atom is 0.161 e. The van der Waals surface area contributed by atoms with Crippen LogP contribution in [0.15, 0.2) is 65.4 Å². The van der Waals surface area contributed by atoms with Crippen molar-refractivity contribution < 1.29 is 14.2 Å². The van der Waals surface area contributed by atoms with Gasteiger partial charge in [0.25, 0.3) is 0 Å². The van der Waals surface area contributed by atoms with Crippen LogP contribution in [0.4, 0.5) is 5.69 Å². The molecule has 0 amide bonds. The van der Waals surface area contributed by atoms with Gasteiger partial charge >= 0.3 is 0 Å².